The van der Waals surface area contributed by atoms with Crippen molar-refractivity contribution in [3.8, 4) is 5.75 Å². The zero-order valence-corrected chi connectivity index (χ0v) is 14.7. The second kappa shape index (κ2) is 7.82. The molecule has 27 heavy (non-hydrogen) atoms. The number of ether oxygens (including phenoxy) is 1. The van der Waals surface area contributed by atoms with Crippen LogP contribution in [0.15, 0.2) is 54.7 Å². The molecule has 0 unspecified atom stereocenters. The van der Waals surface area contributed by atoms with Crippen LogP contribution in [0.25, 0.3) is 0 Å². The van der Waals surface area contributed by atoms with Crippen molar-refractivity contribution in [2.45, 2.75) is 6.92 Å². The molecule has 1 heterocycles. The first-order valence-electron chi connectivity index (χ1n) is 8.10. The molecular weight excluding hydrogens is 352 g/mol. The summed E-state index contributed by atoms with van der Waals surface area (Å²) in [4.78, 5) is 16.3. The van der Waals surface area contributed by atoms with Gasteiger partial charge in [-0.1, -0.05) is 6.07 Å². The molecule has 0 spiro atoms. The Hall–Kier alpha value is -3.48. The van der Waals surface area contributed by atoms with Crippen molar-refractivity contribution in [3.63, 3.8) is 0 Å². The average molecular weight is 369 g/mol. The molecule has 138 valence electrons. The largest absolute Gasteiger partial charge is 0.495 e. The number of benzene rings is 2. The Balaban J connectivity index is 1.71. The van der Waals surface area contributed by atoms with Crippen molar-refractivity contribution in [3.05, 3.63) is 77.5 Å². The third-order valence-corrected chi connectivity index (χ3v) is 3.82. The van der Waals surface area contributed by atoms with Crippen molar-refractivity contribution in [2.75, 3.05) is 17.7 Å². The summed E-state index contributed by atoms with van der Waals surface area (Å²) in [5.41, 5.74) is 2.56. The van der Waals surface area contributed by atoms with E-state index in [1.807, 2.05) is 25.1 Å². The molecule has 7 heteroatoms. The number of aromatic nitrogens is 1. The first-order chi connectivity index (χ1) is 13.0. The van der Waals surface area contributed by atoms with Crippen molar-refractivity contribution in [2.24, 2.45) is 0 Å². The molecule has 0 aliphatic carbocycles. The maximum Gasteiger partial charge on any atom is 0.256 e. The lowest BCUT2D eigenvalue weighted by Crippen LogP contribution is -2.13. The van der Waals surface area contributed by atoms with Gasteiger partial charge in [0, 0.05) is 5.56 Å². The van der Waals surface area contributed by atoms with Gasteiger partial charge in [0.15, 0.2) is 11.6 Å². The highest BCUT2D eigenvalue weighted by atomic mass is 19.2. The highest BCUT2D eigenvalue weighted by Crippen LogP contribution is 2.28. The summed E-state index contributed by atoms with van der Waals surface area (Å²) < 4.78 is 31.5. The molecule has 3 aromatic rings. The van der Waals surface area contributed by atoms with E-state index in [4.69, 9.17) is 4.74 Å². The van der Waals surface area contributed by atoms with Gasteiger partial charge in [-0.2, -0.15) is 0 Å². The third-order valence-electron chi connectivity index (χ3n) is 3.82. The molecule has 0 saturated carbocycles. The molecule has 0 fully saturated rings. The minimum Gasteiger partial charge on any atom is -0.495 e. The van der Waals surface area contributed by atoms with E-state index < -0.39 is 17.5 Å². The standard InChI is InChI=1S/C20H17F2N3O2/c1-12-3-7-18(27-2)17(9-12)24-14-5-8-19(23-11-14)25-20(26)13-4-6-15(21)16(22)10-13/h3-11,24H,1-2H3,(H,23,25,26). The molecule has 1 amide bonds. The first-order valence-corrected chi connectivity index (χ1v) is 8.10. The van der Waals surface area contributed by atoms with Gasteiger partial charge in [0.1, 0.15) is 11.6 Å². The fourth-order valence-electron chi connectivity index (χ4n) is 2.44. The van der Waals surface area contributed by atoms with Crippen LogP contribution in [0.4, 0.5) is 26.0 Å². The number of amides is 1. The number of pyridine rings is 1. The summed E-state index contributed by atoms with van der Waals surface area (Å²) in [6.45, 7) is 1.97. The molecule has 3 rings (SSSR count). The van der Waals surface area contributed by atoms with Crippen LogP contribution in [0.5, 0.6) is 5.75 Å². The molecular formula is C20H17F2N3O2. The molecule has 2 aromatic carbocycles. The number of aryl methyl sites for hydroxylation is 1. The molecule has 0 atom stereocenters. The Bertz CT molecular complexity index is 975. The molecule has 0 aliphatic rings. The lowest BCUT2D eigenvalue weighted by atomic mass is 10.2. The number of nitrogens with zero attached hydrogens (tertiary/aromatic N) is 1. The fourth-order valence-corrected chi connectivity index (χ4v) is 2.44. The highest BCUT2D eigenvalue weighted by Gasteiger charge is 2.11. The number of nitrogens with one attached hydrogen (secondary N) is 2. The number of hydrogen-bond donors (Lipinski definition) is 2. The summed E-state index contributed by atoms with van der Waals surface area (Å²) >= 11 is 0. The average Bonchev–Trinajstić information content (AvgIpc) is 2.65. The second-order valence-corrected chi connectivity index (χ2v) is 5.84. The van der Waals surface area contributed by atoms with E-state index in [1.165, 1.54) is 6.07 Å². The second-order valence-electron chi connectivity index (χ2n) is 5.84. The van der Waals surface area contributed by atoms with Gasteiger partial charge in [-0.15, -0.1) is 0 Å². The topological polar surface area (TPSA) is 63.2 Å². The van der Waals surface area contributed by atoms with Crippen molar-refractivity contribution >= 4 is 23.1 Å². The van der Waals surface area contributed by atoms with E-state index in [-0.39, 0.29) is 11.4 Å². The van der Waals surface area contributed by atoms with E-state index in [9.17, 15) is 13.6 Å². The molecule has 5 nitrogen and oxygen atoms in total. The molecule has 0 radical (unpaired) electrons. The summed E-state index contributed by atoms with van der Waals surface area (Å²) in [5.74, 6) is -1.70. The smallest absolute Gasteiger partial charge is 0.256 e. The lowest BCUT2D eigenvalue weighted by Gasteiger charge is -2.12. The quantitative estimate of drug-likeness (QED) is 0.686. The maximum absolute atomic E-state index is 13.2. The van der Waals surface area contributed by atoms with E-state index >= 15 is 0 Å². The van der Waals surface area contributed by atoms with Crippen LogP contribution in [0.2, 0.25) is 0 Å². The summed E-state index contributed by atoms with van der Waals surface area (Å²) in [5, 5.41) is 5.73. The third kappa shape index (κ3) is 4.38. The summed E-state index contributed by atoms with van der Waals surface area (Å²) in [6, 6.07) is 12.0. The van der Waals surface area contributed by atoms with Crippen molar-refractivity contribution in [1.82, 2.24) is 4.98 Å². The Morgan fingerprint density at radius 3 is 2.52 bits per heavy atom. The number of methoxy groups -OCH3 is 1. The zero-order chi connectivity index (χ0) is 19.4. The van der Waals surface area contributed by atoms with Gasteiger partial charge >= 0.3 is 0 Å². The summed E-state index contributed by atoms with van der Waals surface area (Å²) in [6.07, 6.45) is 1.54. The van der Waals surface area contributed by atoms with Crippen LogP contribution in [0.1, 0.15) is 15.9 Å². The minimum absolute atomic E-state index is 0.00222. The van der Waals surface area contributed by atoms with E-state index in [2.05, 4.69) is 15.6 Å². The van der Waals surface area contributed by atoms with Crippen LogP contribution < -0.4 is 15.4 Å². The Labute approximate surface area is 155 Å². The van der Waals surface area contributed by atoms with Crippen LogP contribution in [0.3, 0.4) is 0 Å². The van der Waals surface area contributed by atoms with Gasteiger partial charge < -0.3 is 15.4 Å². The van der Waals surface area contributed by atoms with Crippen molar-refractivity contribution in [1.29, 1.82) is 0 Å². The Morgan fingerprint density at radius 2 is 1.85 bits per heavy atom. The van der Waals surface area contributed by atoms with Crippen molar-refractivity contribution < 1.29 is 18.3 Å². The summed E-state index contributed by atoms with van der Waals surface area (Å²) in [7, 11) is 1.59. The van der Waals surface area contributed by atoms with Gasteiger partial charge in [-0.25, -0.2) is 13.8 Å². The first kappa shape index (κ1) is 18.3. The number of halogens is 2. The number of carbonyl (C=O) groups excluding carboxylic acids is 1. The van der Waals surface area contributed by atoms with Gasteiger partial charge in [0.25, 0.3) is 5.91 Å². The number of hydrogen-bond acceptors (Lipinski definition) is 4. The molecule has 1 aromatic heterocycles. The van der Waals surface area contributed by atoms with Gasteiger partial charge in [0.05, 0.1) is 24.7 Å². The monoisotopic (exact) mass is 369 g/mol. The Morgan fingerprint density at radius 1 is 1.04 bits per heavy atom. The predicted octanol–water partition coefficient (Wildman–Crippen LogP) is 4.67. The van der Waals surface area contributed by atoms with E-state index in [0.29, 0.717) is 11.4 Å². The van der Waals surface area contributed by atoms with Crippen LogP contribution in [-0.2, 0) is 0 Å². The van der Waals surface area contributed by atoms with Gasteiger partial charge in [0.2, 0.25) is 0 Å². The molecule has 0 aliphatic heterocycles. The van der Waals surface area contributed by atoms with Gasteiger partial charge in [-0.3, -0.25) is 4.79 Å². The minimum atomic E-state index is -1.08. The maximum atomic E-state index is 13.2. The van der Waals surface area contributed by atoms with Crippen LogP contribution in [0, 0.1) is 18.6 Å². The number of anilines is 3. The van der Waals surface area contributed by atoms with Crippen LogP contribution >= 0.6 is 0 Å². The molecule has 0 bridgehead atoms. The predicted molar refractivity (Wildman–Crippen MR) is 99.6 cm³/mol. The van der Waals surface area contributed by atoms with E-state index in [0.717, 1.165) is 23.4 Å². The highest BCUT2D eigenvalue weighted by molar-refractivity contribution is 6.03. The lowest BCUT2D eigenvalue weighted by molar-refractivity contribution is 0.102. The van der Waals surface area contributed by atoms with Gasteiger partial charge in [-0.05, 0) is 55.0 Å². The van der Waals surface area contributed by atoms with Crippen LogP contribution in [-0.4, -0.2) is 18.0 Å². The van der Waals surface area contributed by atoms with E-state index in [1.54, 1.807) is 25.4 Å². The zero-order valence-electron chi connectivity index (χ0n) is 14.7. The number of carbonyl (C=O) groups is 1. The normalized spacial score (nSPS) is 10.4. The number of rotatable bonds is 5. The Kier molecular flexibility index (Phi) is 5.30. The molecule has 2 N–H and O–H groups in total. The fraction of sp³-hybridized carbons (Fsp3) is 0.100. The SMILES string of the molecule is COc1ccc(C)cc1Nc1ccc(NC(=O)c2ccc(F)c(F)c2)nc1. The molecule has 0 saturated heterocycles.